The normalized spacial score (nSPS) is 10.7. The molecule has 0 aliphatic rings. The summed E-state index contributed by atoms with van der Waals surface area (Å²) >= 11 is 5.92. The minimum absolute atomic E-state index is 0.137. The summed E-state index contributed by atoms with van der Waals surface area (Å²) in [5, 5.41) is 4.66. The zero-order chi connectivity index (χ0) is 19.1. The monoisotopic (exact) mass is 383 g/mol. The summed E-state index contributed by atoms with van der Waals surface area (Å²) in [6, 6.07) is 18.2. The van der Waals surface area contributed by atoms with E-state index in [9.17, 15) is 4.79 Å². The Morgan fingerprint density at radius 3 is 2.52 bits per heavy atom. The van der Waals surface area contributed by atoms with Gasteiger partial charge in [0.05, 0.1) is 19.0 Å². The van der Waals surface area contributed by atoms with E-state index in [1.807, 2.05) is 47.2 Å². The van der Waals surface area contributed by atoms with Crippen LogP contribution in [0.25, 0.3) is 5.69 Å². The number of hydrogen-bond acceptors (Lipinski definition) is 4. The molecule has 7 heteroatoms. The van der Waals surface area contributed by atoms with E-state index in [2.05, 4.69) is 10.5 Å². The molecular formula is C20H18ClN3O3. The first-order chi connectivity index (χ1) is 13.2. The van der Waals surface area contributed by atoms with Crippen molar-refractivity contribution in [3.05, 3.63) is 77.6 Å². The lowest BCUT2D eigenvalue weighted by molar-refractivity contribution is -0.123. The lowest BCUT2D eigenvalue weighted by Gasteiger charge is -2.07. The lowest BCUT2D eigenvalue weighted by atomic mass is 10.3. The smallest absolute Gasteiger partial charge is 0.277 e. The molecule has 3 rings (SSSR count). The Kier molecular flexibility index (Phi) is 6.12. The third kappa shape index (κ3) is 5.12. The largest absolute Gasteiger partial charge is 0.497 e. The van der Waals surface area contributed by atoms with Gasteiger partial charge in [-0.05, 0) is 60.7 Å². The molecule has 0 aliphatic carbocycles. The summed E-state index contributed by atoms with van der Waals surface area (Å²) in [5.41, 5.74) is 4.21. The Labute approximate surface area is 162 Å². The third-order valence-electron chi connectivity index (χ3n) is 3.70. The first-order valence-electron chi connectivity index (χ1n) is 8.18. The highest BCUT2D eigenvalue weighted by Gasteiger charge is 2.03. The topological polar surface area (TPSA) is 64.8 Å². The standard InChI is InChI=1S/C20H18ClN3O3/c1-26-18-8-10-19(11-9-18)27-14-20(25)23-22-13-17-3-2-12-24(17)16-6-4-15(21)5-7-16/h2-13H,14H2,1H3,(H,23,25)/b22-13+. The van der Waals surface area contributed by atoms with E-state index in [1.165, 1.54) is 0 Å². The van der Waals surface area contributed by atoms with Crippen LogP contribution in [0.4, 0.5) is 0 Å². The highest BCUT2D eigenvalue weighted by molar-refractivity contribution is 6.30. The number of ether oxygens (including phenoxy) is 2. The highest BCUT2D eigenvalue weighted by Crippen LogP contribution is 2.17. The van der Waals surface area contributed by atoms with Gasteiger partial charge in [0.2, 0.25) is 0 Å². The van der Waals surface area contributed by atoms with Gasteiger partial charge < -0.3 is 14.0 Å². The minimum atomic E-state index is -0.355. The van der Waals surface area contributed by atoms with Crippen molar-refractivity contribution < 1.29 is 14.3 Å². The fourth-order valence-corrected chi connectivity index (χ4v) is 2.49. The van der Waals surface area contributed by atoms with Crippen molar-refractivity contribution in [2.75, 3.05) is 13.7 Å². The number of rotatable bonds is 7. The SMILES string of the molecule is COc1ccc(OCC(=O)N/N=C/c2cccn2-c2ccc(Cl)cc2)cc1. The van der Waals surface area contributed by atoms with Crippen LogP contribution in [0.15, 0.2) is 72.0 Å². The first-order valence-corrected chi connectivity index (χ1v) is 8.55. The molecule has 0 saturated carbocycles. The molecule has 3 aromatic rings. The molecule has 1 aromatic heterocycles. The number of hydrogen-bond donors (Lipinski definition) is 1. The van der Waals surface area contributed by atoms with Gasteiger partial charge >= 0.3 is 0 Å². The summed E-state index contributed by atoms with van der Waals surface area (Å²) < 4.78 is 12.4. The number of nitrogens with zero attached hydrogens (tertiary/aromatic N) is 2. The number of nitrogens with one attached hydrogen (secondary N) is 1. The van der Waals surface area contributed by atoms with Crippen molar-refractivity contribution in [3.63, 3.8) is 0 Å². The fourth-order valence-electron chi connectivity index (χ4n) is 2.36. The number of hydrazone groups is 1. The number of halogens is 1. The quantitative estimate of drug-likeness (QED) is 0.500. The Morgan fingerprint density at radius 2 is 1.81 bits per heavy atom. The molecule has 0 unspecified atom stereocenters. The molecule has 27 heavy (non-hydrogen) atoms. The van der Waals surface area contributed by atoms with Crippen molar-refractivity contribution in [2.24, 2.45) is 5.10 Å². The zero-order valence-corrected chi connectivity index (χ0v) is 15.4. The van der Waals surface area contributed by atoms with Crippen molar-refractivity contribution in [1.82, 2.24) is 9.99 Å². The maximum atomic E-state index is 11.9. The van der Waals surface area contributed by atoms with Crippen molar-refractivity contribution in [2.45, 2.75) is 0 Å². The minimum Gasteiger partial charge on any atom is -0.497 e. The molecule has 0 spiro atoms. The summed E-state index contributed by atoms with van der Waals surface area (Å²) in [6.07, 6.45) is 3.47. The number of amides is 1. The van der Waals surface area contributed by atoms with Gasteiger partial charge in [-0.3, -0.25) is 4.79 Å². The average molecular weight is 384 g/mol. The van der Waals surface area contributed by atoms with Crippen LogP contribution in [0.1, 0.15) is 5.69 Å². The summed E-state index contributed by atoms with van der Waals surface area (Å²) in [7, 11) is 1.59. The van der Waals surface area contributed by atoms with Gasteiger partial charge in [0.25, 0.3) is 5.91 Å². The van der Waals surface area contributed by atoms with Crippen molar-refractivity contribution in [3.8, 4) is 17.2 Å². The molecule has 0 aliphatic heterocycles. The number of aromatic nitrogens is 1. The van der Waals surface area contributed by atoms with Crippen molar-refractivity contribution in [1.29, 1.82) is 0 Å². The molecule has 0 atom stereocenters. The third-order valence-corrected chi connectivity index (χ3v) is 3.95. The lowest BCUT2D eigenvalue weighted by Crippen LogP contribution is -2.24. The zero-order valence-electron chi connectivity index (χ0n) is 14.6. The fraction of sp³-hybridized carbons (Fsp3) is 0.100. The van der Waals surface area contributed by atoms with E-state index in [0.717, 1.165) is 17.1 Å². The molecule has 2 aromatic carbocycles. The van der Waals surface area contributed by atoms with Gasteiger partial charge in [-0.2, -0.15) is 5.10 Å². The Morgan fingerprint density at radius 1 is 1.11 bits per heavy atom. The molecule has 1 N–H and O–H groups in total. The van der Waals surface area contributed by atoms with E-state index in [4.69, 9.17) is 21.1 Å². The number of benzene rings is 2. The van der Waals surface area contributed by atoms with Gasteiger partial charge in [0, 0.05) is 16.9 Å². The summed E-state index contributed by atoms with van der Waals surface area (Å²) in [6.45, 7) is -0.137. The predicted molar refractivity (Wildman–Crippen MR) is 105 cm³/mol. The Hall–Kier alpha value is -3.25. The average Bonchev–Trinajstić information content (AvgIpc) is 3.16. The number of carbonyl (C=O) groups excluding carboxylic acids is 1. The molecule has 138 valence electrons. The maximum absolute atomic E-state index is 11.9. The van der Waals surface area contributed by atoms with Crippen LogP contribution < -0.4 is 14.9 Å². The maximum Gasteiger partial charge on any atom is 0.277 e. The highest BCUT2D eigenvalue weighted by atomic mass is 35.5. The summed E-state index contributed by atoms with van der Waals surface area (Å²) in [4.78, 5) is 11.9. The Bertz CT molecular complexity index is 918. The van der Waals surface area contributed by atoms with Gasteiger partial charge in [-0.25, -0.2) is 5.43 Å². The molecule has 6 nitrogen and oxygen atoms in total. The van der Waals surface area contributed by atoms with Gasteiger partial charge in [0.15, 0.2) is 6.61 Å². The molecule has 0 saturated heterocycles. The van der Waals surface area contributed by atoms with E-state index >= 15 is 0 Å². The van der Waals surface area contributed by atoms with Crippen molar-refractivity contribution >= 4 is 23.7 Å². The van der Waals surface area contributed by atoms with Crippen LogP contribution in [0, 0.1) is 0 Å². The second-order valence-corrected chi connectivity index (χ2v) is 5.97. The number of methoxy groups -OCH3 is 1. The summed E-state index contributed by atoms with van der Waals surface area (Å²) in [5.74, 6) is 0.943. The van der Waals surface area contributed by atoms with E-state index in [1.54, 1.807) is 37.6 Å². The second-order valence-electron chi connectivity index (χ2n) is 5.54. The number of carbonyl (C=O) groups is 1. The second kappa shape index (κ2) is 8.91. The van der Waals surface area contributed by atoms with E-state index in [-0.39, 0.29) is 12.5 Å². The van der Waals surface area contributed by atoms with E-state index in [0.29, 0.717) is 10.8 Å². The molecule has 0 bridgehead atoms. The van der Waals surface area contributed by atoms with E-state index < -0.39 is 0 Å². The van der Waals surface area contributed by atoms with Crippen LogP contribution in [0.3, 0.4) is 0 Å². The van der Waals surface area contributed by atoms with Gasteiger partial charge in [0.1, 0.15) is 11.5 Å². The van der Waals surface area contributed by atoms with Crippen LogP contribution in [-0.2, 0) is 4.79 Å². The van der Waals surface area contributed by atoms with Crippen LogP contribution in [0.2, 0.25) is 5.02 Å². The molecule has 1 heterocycles. The first kappa shape index (κ1) is 18.5. The van der Waals surface area contributed by atoms with Gasteiger partial charge in [-0.1, -0.05) is 11.6 Å². The predicted octanol–water partition coefficient (Wildman–Crippen LogP) is 3.67. The van der Waals surface area contributed by atoms with Crippen LogP contribution >= 0.6 is 11.6 Å². The molecule has 0 fully saturated rings. The van der Waals surface area contributed by atoms with Crippen LogP contribution in [0.5, 0.6) is 11.5 Å². The Balaban J connectivity index is 1.53. The van der Waals surface area contributed by atoms with Crippen LogP contribution in [-0.4, -0.2) is 30.4 Å². The molecular weight excluding hydrogens is 366 g/mol. The molecule has 0 radical (unpaired) electrons. The molecule has 1 amide bonds. The van der Waals surface area contributed by atoms with Gasteiger partial charge in [-0.15, -0.1) is 0 Å².